The largest absolute Gasteiger partial charge is 0.373 e. The summed E-state index contributed by atoms with van der Waals surface area (Å²) >= 11 is 9.29. The Hall–Kier alpha value is -0.580. The van der Waals surface area contributed by atoms with Crippen molar-refractivity contribution in [2.24, 2.45) is 0 Å². The molecule has 0 saturated carbocycles. The third-order valence-corrected chi connectivity index (χ3v) is 4.52. The molecule has 3 nitrogen and oxygen atoms in total. The number of hydrogen-bond acceptors (Lipinski definition) is 2. The second-order valence-electron chi connectivity index (χ2n) is 4.81. The van der Waals surface area contributed by atoms with Crippen molar-refractivity contribution in [1.82, 2.24) is 5.32 Å². The topological polar surface area (TPSA) is 38.3 Å². The first kappa shape index (κ1) is 12.5. The van der Waals surface area contributed by atoms with Gasteiger partial charge in [0.25, 0.3) is 5.91 Å². The van der Waals surface area contributed by atoms with Crippen LogP contribution in [0.4, 0.5) is 0 Å². The zero-order valence-electron chi connectivity index (χ0n) is 9.66. The number of carbonyl (C=O) groups is 1. The Bertz CT molecular complexity index is 494. The summed E-state index contributed by atoms with van der Waals surface area (Å²) in [5.41, 5.74) is 0.574. The first-order chi connectivity index (χ1) is 8.63. The molecular formula is C13H13BrClNO2. The highest BCUT2D eigenvalue weighted by Gasteiger charge is 2.41. The van der Waals surface area contributed by atoms with Crippen LogP contribution in [0.5, 0.6) is 0 Å². The van der Waals surface area contributed by atoms with Crippen molar-refractivity contribution < 1.29 is 9.53 Å². The molecule has 96 valence electrons. The van der Waals surface area contributed by atoms with Gasteiger partial charge in [0, 0.05) is 9.50 Å². The van der Waals surface area contributed by atoms with Crippen molar-refractivity contribution in [3.8, 4) is 0 Å². The summed E-state index contributed by atoms with van der Waals surface area (Å²) in [7, 11) is 0. The maximum absolute atomic E-state index is 12.2. The van der Waals surface area contributed by atoms with Crippen LogP contribution in [-0.2, 0) is 4.74 Å². The Kier molecular flexibility index (Phi) is 3.34. The van der Waals surface area contributed by atoms with Gasteiger partial charge in [0.2, 0.25) is 0 Å². The zero-order chi connectivity index (χ0) is 12.7. The van der Waals surface area contributed by atoms with E-state index in [1.165, 1.54) is 0 Å². The van der Waals surface area contributed by atoms with Crippen molar-refractivity contribution in [3.63, 3.8) is 0 Å². The average molecular weight is 331 g/mol. The standard InChI is InChI=1S/C13H13BrClNO2/c14-10-3-1-7(15)5-9(10)13(17)16-11-6-8-2-4-12(11)18-8/h1,3,5,8,11-12H,2,4,6H2,(H,16,17). The Balaban J connectivity index is 1.73. The third-order valence-electron chi connectivity index (χ3n) is 3.60. The number of benzene rings is 1. The molecule has 1 aromatic rings. The molecule has 3 rings (SSSR count). The lowest BCUT2D eigenvalue weighted by Crippen LogP contribution is -2.41. The highest BCUT2D eigenvalue weighted by atomic mass is 79.9. The highest BCUT2D eigenvalue weighted by molar-refractivity contribution is 9.10. The van der Waals surface area contributed by atoms with Crippen LogP contribution in [0.1, 0.15) is 29.6 Å². The predicted octanol–water partition coefficient (Wildman–Crippen LogP) is 3.15. The van der Waals surface area contributed by atoms with E-state index in [1.807, 2.05) is 0 Å². The summed E-state index contributed by atoms with van der Waals surface area (Å²) in [6, 6.07) is 5.36. The lowest BCUT2D eigenvalue weighted by atomic mass is 9.95. The normalized spacial score (nSPS) is 29.6. The minimum atomic E-state index is -0.0921. The summed E-state index contributed by atoms with van der Waals surface area (Å²) in [5, 5.41) is 3.60. The molecule has 2 heterocycles. The molecule has 0 radical (unpaired) electrons. The van der Waals surface area contributed by atoms with E-state index in [9.17, 15) is 4.79 Å². The van der Waals surface area contributed by atoms with Crippen LogP contribution >= 0.6 is 27.5 Å². The first-order valence-corrected chi connectivity index (χ1v) is 7.22. The maximum Gasteiger partial charge on any atom is 0.252 e. The summed E-state index contributed by atoms with van der Waals surface area (Å²) < 4.78 is 6.48. The van der Waals surface area contributed by atoms with Crippen LogP contribution in [0, 0.1) is 0 Å². The van der Waals surface area contributed by atoms with Gasteiger partial charge >= 0.3 is 0 Å². The van der Waals surface area contributed by atoms with Gasteiger partial charge in [0.1, 0.15) is 0 Å². The van der Waals surface area contributed by atoms with E-state index in [2.05, 4.69) is 21.2 Å². The highest BCUT2D eigenvalue weighted by Crippen LogP contribution is 2.34. The Morgan fingerprint density at radius 2 is 2.28 bits per heavy atom. The van der Waals surface area contributed by atoms with E-state index in [4.69, 9.17) is 16.3 Å². The fourth-order valence-electron chi connectivity index (χ4n) is 2.71. The number of rotatable bonds is 2. The summed E-state index contributed by atoms with van der Waals surface area (Å²) in [4.78, 5) is 12.2. The van der Waals surface area contributed by atoms with Gasteiger partial charge in [-0.05, 0) is 53.4 Å². The van der Waals surface area contributed by atoms with Crippen molar-refractivity contribution in [3.05, 3.63) is 33.3 Å². The fourth-order valence-corrected chi connectivity index (χ4v) is 3.31. The molecule has 3 atom stereocenters. The third kappa shape index (κ3) is 2.29. The number of nitrogens with one attached hydrogen (secondary N) is 1. The lowest BCUT2D eigenvalue weighted by Gasteiger charge is -2.20. The summed E-state index contributed by atoms with van der Waals surface area (Å²) in [5.74, 6) is -0.0921. The van der Waals surface area contributed by atoms with Gasteiger partial charge in [-0.15, -0.1) is 0 Å². The van der Waals surface area contributed by atoms with Gasteiger partial charge in [-0.1, -0.05) is 11.6 Å². The van der Waals surface area contributed by atoms with E-state index >= 15 is 0 Å². The molecule has 2 fully saturated rings. The van der Waals surface area contributed by atoms with Crippen LogP contribution in [0.25, 0.3) is 0 Å². The van der Waals surface area contributed by atoms with Crippen molar-refractivity contribution >= 4 is 33.4 Å². The smallest absolute Gasteiger partial charge is 0.252 e. The molecular weight excluding hydrogens is 318 g/mol. The van der Waals surface area contributed by atoms with E-state index in [1.54, 1.807) is 18.2 Å². The van der Waals surface area contributed by atoms with E-state index in [0.29, 0.717) is 16.7 Å². The SMILES string of the molecule is O=C(NC1CC2CCC1O2)c1cc(Cl)ccc1Br. The second kappa shape index (κ2) is 4.83. The molecule has 2 aliphatic heterocycles. The number of ether oxygens (including phenoxy) is 1. The molecule has 2 saturated heterocycles. The molecule has 1 amide bonds. The van der Waals surface area contributed by atoms with Crippen LogP contribution in [-0.4, -0.2) is 24.2 Å². The minimum absolute atomic E-state index is 0.0921. The van der Waals surface area contributed by atoms with Gasteiger partial charge in [-0.2, -0.15) is 0 Å². The predicted molar refractivity (Wildman–Crippen MR) is 72.9 cm³/mol. The van der Waals surface area contributed by atoms with Gasteiger partial charge in [-0.3, -0.25) is 4.79 Å². The molecule has 1 aromatic carbocycles. The van der Waals surface area contributed by atoms with Gasteiger partial charge in [-0.25, -0.2) is 0 Å². The van der Waals surface area contributed by atoms with Crippen LogP contribution < -0.4 is 5.32 Å². The van der Waals surface area contributed by atoms with E-state index in [0.717, 1.165) is 23.7 Å². The number of fused-ring (bicyclic) bond motifs is 2. The molecule has 2 bridgehead atoms. The van der Waals surface area contributed by atoms with Gasteiger partial charge < -0.3 is 10.1 Å². The molecule has 18 heavy (non-hydrogen) atoms. The molecule has 0 aliphatic carbocycles. The van der Waals surface area contributed by atoms with Crippen LogP contribution in [0.15, 0.2) is 22.7 Å². The molecule has 5 heteroatoms. The number of halogens is 2. The number of amides is 1. The van der Waals surface area contributed by atoms with E-state index in [-0.39, 0.29) is 18.1 Å². The molecule has 1 N–H and O–H groups in total. The fraction of sp³-hybridized carbons (Fsp3) is 0.462. The van der Waals surface area contributed by atoms with Crippen molar-refractivity contribution in [2.75, 3.05) is 0 Å². The molecule has 3 unspecified atom stereocenters. The van der Waals surface area contributed by atoms with E-state index < -0.39 is 0 Å². The average Bonchev–Trinajstić information content (AvgIpc) is 2.94. The zero-order valence-corrected chi connectivity index (χ0v) is 12.0. The van der Waals surface area contributed by atoms with Crippen LogP contribution in [0.2, 0.25) is 5.02 Å². The Labute approximate surface area is 119 Å². The van der Waals surface area contributed by atoms with Gasteiger partial charge in [0.05, 0.1) is 23.8 Å². The van der Waals surface area contributed by atoms with Gasteiger partial charge in [0.15, 0.2) is 0 Å². The Morgan fingerprint density at radius 1 is 1.44 bits per heavy atom. The van der Waals surface area contributed by atoms with Crippen molar-refractivity contribution in [1.29, 1.82) is 0 Å². The number of carbonyl (C=O) groups excluding carboxylic acids is 1. The summed E-state index contributed by atoms with van der Waals surface area (Å²) in [6.07, 6.45) is 3.62. The molecule has 2 aliphatic rings. The molecule has 0 aromatic heterocycles. The minimum Gasteiger partial charge on any atom is -0.373 e. The van der Waals surface area contributed by atoms with Crippen molar-refractivity contribution in [2.45, 2.75) is 37.5 Å². The first-order valence-electron chi connectivity index (χ1n) is 6.05. The Morgan fingerprint density at radius 3 is 2.94 bits per heavy atom. The summed E-state index contributed by atoms with van der Waals surface area (Å²) in [6.45, 7) is 0. The second-order valence-corrected chi connectivity index (χ2v) is 6.10. The maximum atomic E-state index is 12.2. The number of hydrogen-bond donors (Lipinski definition) is 1. The monoisotopic (exact) mass is 329 g/mol. The quantitative estimate of drug-likeness (QED) is 0.904. The van der Waals surface area contributed by atoms with Crippen LogP contribution in [0.3, 0.4) is 0 Å². The lowest BCUT2D eigenvalue weighted by molar-refractivity contribution is 0.0840. The molecule has 0 spiro atoms.